The Hall–Kier alpha value is 1.07. The summed E-state index contributed by atoms with van der Waals surface area (Å²) in [5.74, 6) is 0. The molecule has 0 unspecified atom stereocenters. The van der Waals surface area contributed by atoms with Crippen LogP contribution >= 0.6 is 0 Å². The van der Waals surface area contributed by atoms with Gasteiger partial charge in [0.15, 0.2) is 0 Å². The average molecular weight is 423 g/mol. The molecule has 10 heavy (non-hydrogen) atoms. The average Bonchev–Trinajstić information content (AvgIpc) is 1.14. The minimum absolute atomic E-state index is 0. The summed E-state index contributed by atoms with van der Waals surface area (Å²) in [5, 5.41) is 0. The van der Waals surface area contributed by atoms with E-state index in [1.165, 1.54) is 0 Å². The molecule has 0 aromatic heterocycles. The van der Waals surface area contributed by atoms with Gasteiger partial charge in [0, 0.05) is 0 Å². The van der Waals surface area contributed by atoms with Gasteiger partial charge in [0.2, 0.25) is 0 Å². The third-order valence-corrected chi connectivity index (χ3v) is 2.83. The zero-order valence-corrected chi connectivity index (χ0v) is 10.6. The van der Waals surface area contributed by atoms with Gasteiger partial charge in [0.1, 0.15) is 0 Å². The standard InChI is InChI=1S/2Cr.7O.Pb/q;;;;;;;2*-1;+2. The fourth-order valence-corrected chi connectivity index (χ4v) is 1.74. The van der Waals surface area contributed by atoms with Crippen LogP contribution < -0.4 is 8.32 Å². The van der Waals surface area contributed by atoms with E-state index in [0.717, 1.165) is 0 Å². The van der Waals surface area contributed by atoms with Crippen molar-refractivity contribution in [2.24, 2.45) is 0 Å². The smallest absolute Gasteiger partial charge is 2.00 e. The van der Waals surface area contributed by atoms with Crippen molar-refractivity contribution >= 4 is 27.3 Å². The molecule has 0 bridgehead atoms. The molecular formula is Cr2O7Pb. The van der Waals surface area contributed by atoms with Crippen molar-refractivity contribution in [3.05, 3.63) is 0 Å². The van der Waals surface area contributed by atoms with E-state index in [9.17, 15) is 23.5 Å². The molecule has 0 spiro atoms. The van der Waals surface area contributed by atoms with Gasteiger partial charge >= 0.3 is 80.9 Å². The molecule has 0 saturated carbocycles. The molecule has 0 aliphatic rings. The number of rotatable bonds is 2. The number of hydrogen-bond donors (Lipinski definition) is 0. The van der Waals surface area contributed by atoms with E-state index in [1.54, 1.807) is 0 Å². The first-order valence-corrected chi connectivity index (χ1v) is 5.50. The zero-order valence-electron chi connectivity index (χ0n) is 4.17. The summed E-state index contributed by atoms with van der Waals surface area (Å²) in [7, 11) is 0. The van der Waals surface area contributed by atoms with Crippen molar-refractivity contribution in [1.29, 1.82) is 0 Å². The van der Waals surface area contributed by atoms with E-state index in [4.69, 9.17) is 0 Å². The van der Waals surface area contributed by atoms with Crippen LogP contribution in [0.25, 0.3) is 0 Å². The van der Waals surface area contributed by atoms with Crippen molar-refractivity contribution in [3.8, 4) is 0 Å². The van der Waals surface area contributed by atoms with E-state index in [2.05, 4.69) is 2.84 Å². The van der Waals surface area contributed by atoms with Gasteiger partial charge in [-0.25, -0.2) is 0 Å². The molecule has 58 valence electrons. The van der Waals surface area contributed by atoms with Crippen LogP contribution in [0.2, 0.25) is 0 Å². The Labute approximate surface area is 80.3 Å². The molecule has 0 aromatic rings. The van der Waals surface area contributed by atoms with E-state index < -0.39 is 27.2 Å². The summed E-state index contributed by atoms with van der Waals surface area (Å²) in [5.41, 5.74) is 0. The third kappa shape index (κ3) is 11.8. The van der Waals surface area contributed by atoms with Gasteiger partial charge in [-0.05, 0) is 0 Å². The maximum absolute atomic E-state index is 9.38. The van der Waals surface area contributed by atoms with Crippen LogP contribution in [0.3, 0.4) is 0 Å². The van der Waals surface area contributed by atoms with Crippen LogP contribution in [0.15, 0.2) is 0 Å². The Morgan fingerprint density at radius 2 is 1.10 bits per heavy atom. The van der Waals surface area contributed by atoms with E-state index >= 15 is 0 Å². The van der Waals surface area contributed by atoms with Gasteiger partial charge in [-0.15, -0.1) is 0 Å². The Bertz CT molecular complexity index is 237. The molecule has 0 fully saturated rings. The molecule has 0 rings (SSSR count). The van der Waals surface area contributed by atoms with Crippen LogP contribution in [0.4, 0.5) is 0 Å². The van der Waals surface area contributed by atoms with Crippen molar-refractivity contribution in [1.82, 2.24) is 0 Å². The van der Waals surface area contributed by atoms with Crippen LogP contribution in [0, 0.1) is 0 Å². The first-order chi connectivity index (χ1) is 3.71. The minimum Gasteiger partial charge on any atom is 2.00 e. The van der Waals surface area contributed by atoms with Crippen molar-refractivity contribution in [3.63, 3.8) is 0 Å². The maximum Gasteiger partial charge on any atom is 2.00 e. The summed E-state index contributed by atoms with van der Waals surface area (Å²) in [4.78, 5) is 0. The first-order valence-electron chi connectivity index (χ1n) is 1.33. The Kier molecular flexibility index (Phi) is 5.71. The van der Waals surface area contributed by atoms with E-state index in [-0.39, 0.29) is 27.3 Å². The van der Waals surface area contributed by atoms with E-state index in [0.29, 0.717) is 0 Å². The van der Waals surface area contributed by atoms with Crippen LogP contribution in [-0.4, -0.2) is 27.3 Å². The van der Waals surface area contributed by atoms with Gasteiger partial charge in [-0.3, -0.25) is 0 Å². The second-order valence-electron chi connectivity index (χ2n) is 0.885. The number of hydrogen-bond acceptors (Lipinski definition) is 7. The molecule has 10 heteroatoms. The van der Waals surface area contributed by atoms with Crippen LogP contribution in [0.1, 0.15) is 0 Å². The second kappa shape index (κ2) is 4.18. The maximum atomic E-state index is 9.38. The molecule has 0 aromatic carbocycles. The van der Waals surface area contributed by atoms with Gasteiger partial charge in [-0.2, -0.15) is 0 Å². The predicted molar refractivity (Wildman–Crippen MR) is 9.59 cm³/mol. The normalized spacial score (nSPS) is 12.2. The summed E-state index contributed by atoms with van der Waals surface area (Å²) in [6, 6.07) is 0. The van der Waals surface area contributed by atoms with Gasteiger partial charge in [0.25, 0.3) is 0 Å². The molecule has 2 radical (unpaired) electrons. The van der Waals surface area contributed by atoms with Gasteiger partial charge in [-0.1, -0.05) is 0 Å². The fraction of sp³-hybridized carbons (Fsp3) is 0. The predicted octanol–water partition coefficient (Wildman–Crippen LogP) is -3.31. The summed E-state index contributed by atoms with van der Waals surface area (Å²) >= 11 is -12.1. The van der Waals surface area contributed by atoms with Crippen molar-refractivity contribution in [2.45, 2.75) is 0 Å². The van der Waals surface area contributed by atoms with Crippen molar-refractivity contribution in [2.75, 3.05) is 0 Å². The largest absolute Gasteiger partial charge is 2.00 e. The SMILES string of the molecule is [O]=[Cr](=[O])([O-])[O][Cr](=[O])(=[O])[O-].[Pb+2]. The molecule has 0 saturated heterocycles. The monoisotopic (exact) mass is 424 g/mol. The molecule has 0 heterocycles. The molecular weight excluding hydrogens is 423 g/mol. The Morgan fingerprint density at radius 3 is 1.10 bits per heavy atom. The fourth-order valence-electron chi connectivity index (χ4n) is 0.102. The van der Waals surface area contributed by atoms with Crippen LogP contribution in [0.5, 0.6) is 0 Å². The van der Waals surface area contributed by atoms with Crippen molar-refractivity contribution < 1.29 is 53.6 Å². The topological polar surface area (TPSA) is 124 Å². The molecule has 0 amide bonds. The molecule has 0 aliphatic heterocycles. The summed E-state index contributed by atoms with van der Waals surface area (Å²) in [6.07, 6.45) is 0. The molecule has 0 atom stereocenters. The minimum atomic E-state index is -6.07. The second-order valence-corrected chi connectivity index (χ2v) is 4.52. The van der Waals surface area contributed by atoms with E-state index in [1.807, 2.05) is 0 Å². The van der Waals surface area contributed by atoms with Crippen LogP contribution in [-0.2, 0) is 45.3 Å². The molecule has 7 nitrogen and oxygen atoms in total. The van der Waals surface area contributed by atoms with Gasteiger partial charge < -0.3 is 0 Å². The first kappa shape index (κ1) is 13.6. The Morgan fingerprint density at radius 1 is 0.900 bits per heavy atom. The zero-order chi connectivity index (χ0) is 7.71. The van der Waals surface area contributed by atoms with Gasteiger partial charge in [0.05, 0.1) is 0 Å². The molecule has 0 N–H and O–H groups in total. The summed E-state index contributed by atoms with van der Waals surface area (Å²) in [6.45, 7) is 0. The molecule has 0 aliphatic carbocycles. The third-order valence-electron chi connectivity index (χ3n) is 0.167. The summed E-state index contributed by atoms with van der Waals surface area (Å²) < 4.78 is 58.9. The quantitative estimate of drug-likeness (QED) is 0.426. The Balaban J connectivity index is 0.